The minimum atomic E-state index is -0.653. The van der Waals surface area contributed by atoms with Crippen LogP contribution in [0.25, 0.3) is 0 Å². The summed E-state index contributed by atoms with van der Waals surface area (Å²) in [6.07, 6.45) is 2.27. The third kappa shape index (κ3) is 3.43. The Bertz CT molecular complexity index is 434. The van der Waals surface area contributed by atoms with E-state index in [-0.39, 0.29) is 5.97 Å². The van der Waals surface area contributed by atoms with Gasteiger partial charge in [0.2, 0.25) is 0 Å². The van der Waals surface area contributed by atoms with Crippen molar-refractivity contribution in [3.63, 3.8) is 0 Å². The summed E-state index contributed by atoms with van der Waals surface area (Å²) in [7, 11) is 1.43. The van der Waals surface area contributed by atoms with Crippen LogP contribution in [0.5, 0.6) is 0 Å². The van der Waals surface area contributed by atoms with E-state index >= 15 is 0 Å². The van der Waals surface area contributed by atoms with Crippen LogP contribution in [0.3, 0.4) is 0 Å². The van der Waals surface area contributed by atoms with Crippen molar-refractivity contribution in [3.05, 3.63) is 5.82 Å². The Balaban J connectivity index is 1.97. The molecule has 1 fully saturated rings. The normalized spacial score (nSPS) is 18.4. The fourth-order valence-corrected chi connectivity index (χ4v) is 3.34. The highest BCUT2D eigenvalue weighted by Crippen LogP contribution is 2.28. The van der Waals surface area contributed by atoms with Gasteiger partial charge in [0.15, 0.2) is 4.34 Å². The fraction of sp³-hybridized carbons (Fsp3) is 0.727. The van der Waals surface area contributed by atoms with Gasteiger partial charge in [0.25, 0.3) is 0 Å². The second-order valence-corrected chi connectivity index (χ2v) is 6.61. The van der Waals surface area contributed by atoms with Crippen molar-refractivity contribution >= 4 is 29.3 Å². The van der Waals surface area contributed by atoms with Crippen LogP contribution in [0.15, 0.2) is 4.34 Å². The number of hydrogen-bond donors (Lipinski definition) is 1. The molecule has 7 heteroatoms. The summed E-state index contributed by atoms with van der Waals surface area (Å²) in [5, 5.41) is 3.36. The molecule has 0 bridgehead atoms. The molecule has 18 heavy (non-hydrogen) atoms. The minimum absolute atomic E-state index is 0.219. The first kappa shape index (κ1) is 13.8. The lowest BCUT2D eigenvalue weighted by atomic mass is 10.1. The molecular weight excluding hydrogens is 270 g/mol. The average Bonchev–Trinajstić information content (AvgIpc) is 3.06. The molecule has 2 rings (SSSR count). The molecule has 0 saturated heterocycles. The van der Waals surface area contributed by atoms with Crippen LogP contribution < -0.4 is 5.32 Å². The van der Waals surface area contributed by atoms with E-state index in [1.54, 1.807) is 11.8 Å². The Labute approximate surface area is 115 Å². The van der Waals surface area contributed by atoms with Gasteiger partial charge in [-0.1, -0.05) is 11.8 Å². The van der Waals surface area contributed by atoms with Gasteiger partial charge in [-0.05, 0) is 38.2 Å². The van der Waals surface area contributed by atoms with E-state index in [1.807, 2.05) is 13.8 Å². The first-order valence-electron chi connectivity index (χ1n) is 5.83. The van der Waals surface area contributed by atoms with E-state index in [9.17, 15) is 4.79 Å². The fourth-order valence-electron chi connectivity index (χ4n) is 1.61. The number of methoxy groups -OCH3 is 1. The number of rotatable bonds is 6. The Morgan fingerprint density at radius 3 is 2.89 bits per heavy atom. The van der Waals surface area contributed by atoms with E-state index in [2.05, 4.69) is 14.7 Å². The Hall–Kier alpha value is -0.660. The lowest BCUT2D eigenvalue weighted by Gasteiger charge is -2.27. The zero-order valence-electron chi connectivity index (χ0n) is 10.7. The van der Waals surface area contributed by atoms with Gasteiger partial charge in [-0.25, -0.2) is 4.98 Å². The van der Waals surface area contributed by atoms with Gasteiger partial charge in [-0.3, -0.25) is 10.1 Å². The molecule has 1 N–H and O–H groups in total. The van der Waals surface area contributed by atoms with Crippen molar-refractivity contribution in [2.24, 2.45) is 0 Å². The highest BCUT2D eigenvalue weighted by atomic mass is 32.2. The summed E-state index contributed by atoms with van der Waals surface area (Å²) in [5.74, 6) is 1.16. The molecule has 0 radical (unpaired) electrons. The number of nitrogens with zero attached hydrogens (tertiary/aromatic N) is 2. The van der Waals surface area contributed by atoms with Gasteiger partial charge in [-0.2, -0.15) is 4.37 Å². The van der Waals surface area contributed by atoms with Crippen LogP contribution in [0.4, 0.5) is 0 Å². The highest BCUT2D eigenvalue weighted by molar-refractivity contribution is 8.01. The summed E-state index contributed by atoms with van der Waals surface area (Å²) >= 11 is 2.91. The number of thioether (sulfide) groups is 1. The molecule has 1 aromatic heterocycles. The first-order valence-corrected chi connectivity index (χ1v) is 7.58. The molecule has 1 unspecified atom stereocenters. The lowest BCUT2D eigenvalue weighted by Crippen LogP contribution is -2.53. The Morgan fingerprint density at radius 1 is 1.67 bits per heavy atom. The predicted molar refractivity (Wildman–Crippen MR) is 71.9 cm³/mol. The number of ether oxygens (including phenoxy) is 1. The molecule has 0 aromatic carbocycles. The summed E-state index contributed by atoms with van der Waals surface area (Å²) in [5.41, 5.74) is -0.653. The smallest absolute Gasteiger partial charge is 0.326 e. The van der Waals surface area contributed by atoms with E-state index in [0.717, 1.165) is 23.0 Å². The molecule has 0 spiro atoms. The minimum Gasteiger partial charge on any atom is -0.468 e. The summed E-state index contributed by atoms with van der Waals surface area (Å²) in [4.78, 5) is 16.2. The van der Waals surface area contributed by atoms with Crippen LogP contribution in [-0.2, 0) is 9.53 Å². The molecule has 1 saturated carbocycles. The van der Waals surface area contributed by atoms with Crippen molar-refractivity contribution in [1.29, 1.82) is 0 Å². The molecule has 1 aromatic rings. The molecule has 100 valence electrons. The Morgan fingerprint density at radius 2 is 2.39 bits per heavy atom. The third-order valence-electron chi connectivity index (χ3n) is 2.73. The number of aromatic nitrogens is 2. The standard InChI is InChI=1S/C11H17N3O2S2/c1-7-12-10(18-14-7)17-6-11(2,9(15)16-3)13-8-4-5-8/h8,13H,4-6H2,1-3H3. The van der Waals surface area contributed by atoms with Gasteiger partial charge < -0.3 is 4.74 Å². The second-order valence-electron chi connectivity index (χ2n) is 4.64. The predicted octanol–water partition coefficient (Wildman–Crippen LogP) is 1.62. The lowest BCUT2D eigenvalue weighted by molar-refractivity contribution is -0.146. The maximum atomic E-state index is 11.9. The molecular formula is C11H17N3O2S2. The monoisotopic (exact) mass is 287 g/mol. The molecule has 1 heterocycles. The average molecular weight is 287 g/mol. The molecule has 5 nitrogen and oxygen atoms in total. The number of hydrogen-bond acceptors (Lipinski definition) is 7. The van der Waals surface area contributed by atoms with Crippen molar-refractivity contribution in [2.45, 2.75) is 42.6 Å². The van der Waals surface area contributed by atoms with Gasteiger partial charge >= 0.3 is 5.97 Å². The molecule has 1 atom stereocenters. The van der Waals surface area contributed by atoms with Crippen LogP contribution in [-0.4, -0.2) is 39.8 Å². The zero-order valence-corrected chi connectivity index (χ0v) is 12.4. The summed E-state index contributed by atoms with van der Waals surface area (Å²) < 4.78 is 9.91. The second kappa shape index (κ2) is 5.54. The summed E-state index contributed by atoms with van der Waals surface area (Å²) in [6.45, 7) is 3.75. The molecule has 0 aliphatic heterocycles. The quantitative estimate of drug-likeness (QED) is 0.633. The Kier molecular flexibility index (Phi) is 4.24. The van der Waals surface area contributed by atoms with Crippen LogP contribution in [0, 0.1) is 6.92 Å². The van der Waals surface area contributed by atoms with Crippen molar-refractivity contribution < 1.29 is 9.53 Å². The number of aryl methyl sites for hydroxylation is 1. The molecule has 0 amide bonds. The number of carbonyl (C=O) groups excluding carboxylic acids is 1. The van der Waals surface area contributed by atoms with Crippen LogP contribution in [0.2, 0.25) is 0 Å². The number of carbonyl (C=O) groups is 1. The van der Waals surface area contributed by atoms with E-state index in [4.69, 9.17) is 4.74 Å². The third-order valence-corrected chi connectivity index (χ3v) is 4.97. The number of nitrogens with one attached hydrogen (secondary N) is 1. The van der Waals surface area contributed by atoms with Gasteiger partial charge in [0.05, 0.1) is 7.11 Å². The van der Waals surface area contributed by atoms with Crippen molar-refractivity contribution in [1.82, 2.24) is 14.7 Å². The number of esters is 1. The molecule has 1 aliphatic rings. The topological polar surface area (TPSA) is 64.1 Å². The molecule has 1 aliphatic carbocycles. The van der Waals surface area contributed by atoms with Crippen molar-refractivity contribution in [3.8, 4) is 0 Å². The van der Waals surface area contributed by atoms with Gasteiger partial charge in [0.1, 0.15) is 11.4 Å². The highest BCUT2D eigenvalue weighted by Gasteiger charge is 2.39. The van der Waals surface area contributed by atoms with E-state index in [1.165, 1.54) is 18.6 Å². The maximum Gasteiger partial charge on any atom is 0.326 e. The van der Waals surface area contributed by atoms with E-state index < -0.39 is 5.54 Å². The van der Waals surface area contributed by atoms with Gasteiger partial charge in [0, 0.05) is 11.8 Å². The van der Waals surface area contributed by atoms with Crippen LogP contribution >= 0.6 is 23.3 Å². The summed E-state index contributed by atoms with van der Waals surface area (Å²) in [6, 6.07) is 0.450. The van der Waals surface area contributed by atoms with Gasteiger partial charge in [-0.15, -0.1) is 0 Å². The van der Waals surface area contributed by atoms with Crippen molar-refractivity contribution in [2.75, 3.05) is 12.9 Å². The first-order chi connectivity index (χ1) is 8.53. The SMILES string of the molecule is COC(=O)C(C)(CSc1nc(C)ns1)NC1CC1. The van der Waals surface area contributed by atoms with Crippen LogP contribution in [0.1, 0.15) is 25.6 Å². The zero-order chi connectivity index (χ0) is 13.2. The maximum absolute atomic E-state index is 11.9. The van der Waals surface area contributed by atoms with E-state index in [0.29, 0.717) is 11.8 Å². The largest absolute Gasteiger partial charge is 0.468 e.